The first-order valence-corrected chi connectivity index (χ1v) is 6.57. The van der Waals surface area contributed by atoms with E-state index in [1.54, 1.807) is 0 Å². The van der Waals surface area contributed by atoms with Gasteiger partial charge in [-0.3, -0.25) is 0 Å². The van der Waals surface area contributed by atoms with Crippen LogP contribution in [0.25, 0.3) is 0 Å². The Morgan fingerprint density at radius 1 is 1.00 bits per heavy atom. The molecule has 0 saturated heterocycles. The maximum atomic E-state index is 6.09. The lowest BCUT2D eigenvalue weighted by molar-refractivity contribution is 0.225. The number of hydrogen-bond donors (Lipinski definition) is 1. The van der Waals surface area contributed by atoms with E-state index in [1.807, 2.05) is 24.3 Å². The summed E-state index contributed by atoms with van der Waals surface area (Å²) in [6, 6.07) is 12.1. The van der Waals surface area contributed by atoms with Crippen LogP contribution in [-0.4, -0.2) is 0 Å². The molecule has 2 aromatic carbocycles. The van der Waals surface area contributed by atoms with Gasteiger partial charge in [-0.2, -0.15) is 0 Å². The van der Waals surface area contributed by atoms with Crippen molar-refractivity contribution in [3.63, 3.8) is 0 Å². The van der Waals surface area contributed by atoms with Gasteiger partial charge < -0.3 is 10.5 Å². The lowest BCUT2D eigenvalue weighted by Crippen LogP contribution is -2.05. The van der Waals surface area contributed by atoms with Gasteiger partial charge >= 0.3 is 0 Å². The zero-order valence-corrected chi connectivity index (χ0v) is 12.0. The third-order valence-electron chi connectivity index (χ3n) is 3.47. The van der Waals surface area contributed by atoms with Crippen molar-refractivity contribution in [3.05, 3.63) is 58.7 Å². The number of anilines is 1. The molecule has 0 aliphatic carbocycles. The van der Waals surface area contributed by atoms with Crippen LogP contribution < -0.4 is 10.5 Å². The Kier molecular flexibility index (Phi) is 3.79. The van der Waals surface area contributed by atoms with Crippen LogP contribution in [0.4, 0.5) is 5.69 Å². The van der Waals surface area contributed by atoms with Crippen LogP contribution >= 0.6 is 0 Å². The van der Waals surface area contributed by atoms with E-state index in [1.165, 1.54) is 16.7 Å². The fourth-order valence-electron chi connectivity index (χ4n) is 2.15. The molecule has 2 aromatic rings. The number of ether oxygens (including phenoxy) is 1. The zero-order valence-electron chi connectivity index (χ0n) is 12.0. The number of nitrogen functional groups attached to an aromatic ring is 1. The molecule has 2 heteroatoms. The van der Waals surface area contributed by atoms with Gasteiger partial charge in [-0.25, -0.2) is 0 Å². The summed E-state index contributed by atoms with van der Waals surface area (Å²) in [6.07, 6.45) is 0.0144. The van der Waals surface area contributed by atoms with Crippen molar-refractivity contribution in [2.45, 2.75) is 33.8 Å². The number of hydrogen-bond acceptors (Lipinski definition) is 2. The van der Waals surface area contributed by atoms with Crippen LogP contribution in [0.1, 0.15) is 35.3 Å². The van der Waals surface area contributed by atoms with Crippen molar-refractivity contribution < 1.29 is 4.74 Å². The summed E-state index contributed by atoms with van der Waals surface area (Å²) in [4.78, 5) is 0. The predicted octanol–water partition coefficient (Wildman–Crippen LogP) is 4.33. The fraction of sp³-hybridized carbons (Fsp3) is 0.294. The molecule has 0 amide bonds. The lowest BCUT2D eigenvalue weighted by Gasteiger charge is -2.18. The molecule has 0 fully saturated rings. The van der Waals surface area contributed by atoms with Crippen molar-refractivity contribution in [2.24, 2.45) is 0 Å². The van der Waals surface area contributed by atoms with Gasteiger partial charge in [0.25, 0.3) is 0 Å². The first-order chi connectivity index (χ1) is 8.97. The van der Waals surface area contributed by atoms with Gasteiger partial charge in [0.15, 0.2) is 0 Å². The summed E-state index contributed by atoms with van der Waals surface area (Å²) in [5.74, 6) is 0.960. The minimum Gasteiger partial charge on any atom is -0.486 e. The van der Waals surface area contributed by atoms with Crippen LogP contribution in [-0.2, 0) is 0 Å². The van der Waals surface area contributed by atoms with Crippen LogP contribution in [0.15, 0.2) is 36.4 Å². The second-order valence-electron chi connectivity index (χ2n) is 5.13. The molecule has 1 unspecified atom stereocenters. The quantitative estimate of drug-likeness (QED) is 0.828. The summed E-state index contributed by atoms with van der Waals surface area (Å²) < 4.78 is 6.09. The van der Waals surface area contributed by atoms with Crippen molar-refractivity contribution in [1.82, 2.24) is 0 Å². The van der Waals surface area contributed by atoms with Crippen molar-refractivity contribution in [3.8, 4) is 5.75 Å². The molecule has 0 spiro atoms. The molecule has 0 saturated carbocycles. The molecule has 0 bridgehead atoms. The van der Waals surface area contributed by atoms with E-state index in [0.29, 0.717) is 0 Å². The second kappa shape index (κ2) is 5.35. The van der Waals surface area contributed by atoms with E-state index >= 15 is 0 Å². The summed E-state index contributed by atoms with van der Waals surface area (Å²) in [5.41, 5.74) is 11.3. The summed E-state index contributed by atoms with van der Waals surface area (Å²) in [7, 11) is 0. The average Bonchev–Trinajstić information content (AvgIpc) is 2.36. The number of benzene rings is 2. The maximum absolute atomic E-state index is 6.09. The lowest BCUT2D eigenvalue weighted by atomic mass is 10.1. The standard InChI is InChI=1S/C17H21NO/c1-11-9-12(2)13(3)17(10-11)19-14(4)15-5-7-16(18)8-6-15/h5-10,14H,18H2,1-4H3. The number of aryl methyl sites for hydroxylation is 2. The Labute approximate surface area is 115 Å². The highest BCUT2D eigenvalue weighted by Crippen LogP contribution is 2.28. The summed E-state index contributed by atoms with van der Waals surface area (Å²) in [5, 5.41) is 0. The Morgan fingerprint density at radius 3 is 2.26 bits per heavy atom. The van der Waals surface area contributed by atoms with Crippen LogP contribution in [0, 0.1) is 20.8 Å². The molecule has 2 N–H and O–H groups in total. The number of nitrogens with two attached hydrogens (primary N) is 1. The molecular formula is C17H21NO. The molecule has 2 nitrogen and oxygen atoms in total. The molecule has 19 heavy (non-hydrogen) atoms. The smallest absolute Gasteiger partial charge is 0.123 e. The van der Waals surface area contributed by atoms with Gasteiger partial charge in [-0.1, -0.05) is 18.2 Å². The van der Waals surface area contributed by atoms with Gasteiger partial charge in [0, 0.05) is 5.69 Å². The molecule has 100 valence electrons. The second-order valence-corrected chi connectivity index (χ2v) is 5.13. The van der Waals surface area contributed by atoms with Crippen molar-refractivity contribution >= 4 is 5.69 Å². The van der Waals surface area contributed by atoms with Gasteiger partial charge in [0.2, 0.25) is 0 Å². The Morgan fingerprint density at radius 2 is 1.63 bits per heavy atom. The highest BCUT2D eigenvalue weighted by Gasteiger charge is 2.10. The first-order valence-electron chi connectivity index (χ1n) is 6.57. The molecule has 0 aromatic heterocycles. The molecule has 1 atom stereocenters. The van der Waals surface area contributed by atoms with E-state index in [9.17, 15) is 0 Å². The first kappa shape index (κ1) is 13.5. The Bertz CT molecular complexity index is 573. The van der Waals surface area contributed by atoms with Crippen LogP contribution in [0.5, 0.6) is 5.75 Å². The average molecular weight is 255 g/mol. The van der Waals surface area contributed by atoms with E-state index < -0.39 is 0 Å². The van der Waals surface area contributed by atoms with Crippen molar-refractivity contribution in [2.75, 3.05) is 5.73 Å². The molecule has 0 aliphatic rings. The molecule has 0 aliphatic heterocycles. The molecule has 0 heterocycles. The Balaban J connectivity index is 2.23. The number of rotatable bonds is 3. The minimum atomic E-state index is 0.0144. The highest BCUT2D eigenvalue weighted by atomic mass is 16.5. The van der Waals surface area contributed by atoms with E-state index in [0.717, 1.165) is 17.0 Å². The third-order valence-corrected chi connectivity index (χ3v) is 3.47. The molecule has 2 rings (SSSR count). The largest absolute Gasteiger partial charge is 0.486 e. The predicted molar refractivity (Wildman–Crippen MR) is 80.6 cm³/mol. The van der Waals surface area contributed by atoms with Gasteiger partial charge in [0.1, 0.15) is 11.9 Å². The summed E-state index contributed by atoms with van der Waals surface area (Å²) in [6.45, 7) is 8.36. The fourth-order valence-corrected chi connectivity index (χ4v) is 2.15. The van der Waals surface area contributed by atoms with E-state index in [4.69, 9.17) is 10.5 Å². The topological polar surface area (TPSA) is 35.2 Å². The zero-order chi connectivity index (χ0) is 14.0. The van der Waals surface area contributed by atoms with Crippen LogP contribution in [0.2, 0.25) is 0 Å². The van der Waals surface area contributed by atoms with Crippen LogP contribution in [0.3, 0.4) is 0 Å². The minimum absolute atomic E-state index is 0.0144. The SMILES string of the molecule is Cc1cc(C)c(C)c(OC(C)c2ccc(N)cc2)c1. The van der Waals surface area contributed by atoms with Gasteiger partial charge in [0.05, 0.1) is 0 Å². The normalized spacial score (nSPS) is 12.2. The van der Waals surface area contributed by atoms with Gasteiger partial charge in [-0.05, 0) is 68.1 Å². The third kappa shape index (κ3) is 3.08. The highest BCUT2D eigenvalue weighted by molar-refractivity contribution is 5.43. The van der Waals surface area contributed by atoms with Crippen molar-refractivity contribution in [1.29, 1.82) is 0 Å². The van der Waals surface area contributed by atoms with E-state index in [2.05, 4.69) is 39.8 Å². The Hall–Kier alpha value is -1.96. The molecular weight excluding hydrogens is 234 g/mol. The van der Waals surface area contributed by atoms with Gasteiger partial charge in [-0.15, -0.1) is 0 Å². The monoisotopic (exact) mass is 255 g/mol. The maximum Gasteiger partial charge on any atom is 0.123 e. The van der Waals surface area contributed by atoms with E-state index in [-0.39, 0.29) is 6.10 Å². The summed E-state index contributed by atoms with van der Waals surface area (Å²) >= 11 is 0. The molecule has 0 radical (unpaired) electrons.